The number of aryl methyl sites for hydroxylation is 1. The van der Waals surface area contributed by atoms with Gasteiger partial charge in [0, 0.05) is 31.9 Å². The largest absolute Gasteiger partial charge is 0.325 e. The second kappa shape index (κ2) is 6.52. The quantitative estimate of drug-likeness (QED) is 0.801. The van der Waals surface area contributed by atoms with Crippen molar-refractivity contribution in [2.75, 3.05) is 38.0 Å². The Bertz CT molecular complexity index is 592. The van der Waals surface area contributed by atoms with Crippen LogP contribution < -0.4 is 10.5 Å². The predicted octanol–water partition coefficient (Wildman–Crippen LogP) is -0.245. The highest BCUT2D eigenvalue weighted by molar-refractivity contribution is 7.86. The molecule has 0 unspecified atom stereocenters. The minimum absolute atomic E-state index is 0.108. The number of carbonyl (C=O) groups is 1. The molecule has 21 heavy (non-hydrogen) atoms. The Labute approximate surface area is 124 Å². The van der Waals surface area contributed by atoms with E-state index in [0.717, 1.165) is 11.3 Å². The molecule has 0 saturated carbocycles. The van der Waals surface area contributed by atoms with Gasteiger partial charge in [0.1, 0.15) is 0 Å². The van der Waals surface area contributed by atoms with Crippen LogP contribution in [0.15, 0.2) is 24.3 Å². The van der Waals surface area contributed by atoms with Gasteiger partial charge in [0.05, 0.1) is 6.54 Å². The van der Waals surface area contributed by atoms with Crippen LogP contribution in [0.2, 0.25) is 0 Å². The molecule has 1 fully saturated rings. The van der Waals surface area contributed by atoms with E-state index in [1.54, 1.807) is 0 Å². The van der Waals surface area contributed by atoms with Crippen LogP contribution in [-0.2, 0) is 15.0 Å². The molecular weight excluding hydrogens is 292 g/mol. The smallest absolute Gasteiger partial charge is 0.276 e. The van der Waals surface area contributed by atoms with Crippen molar-refractivity contribution < 1.29 is 13.2 Å². The van der Waals surface area contributed by atoms with Gasteiger partial charge in [0.25, 0.3) is 10.2 Å². The van der Waals surface area contributed by atoms with Crippen molar-refractivity contribution in [3.63, 3.8) is 0 Å². The molecule has 1 amide bonds. The molecule has 1 aromatic rings. The van der Waals surface area contributed by atoms with Gasteiger partial charge in [-0.25, -0.2) is 5.14 Å². The Morgan fingerprint density at radius 1 is 1.19 bits per heavy atom. The molecule has 0 spiro atoms. The first-order valence-corrected chi connectivity index (χ1v) is 8.22. The monoisotopic (exact) mass is 312 g/mol. The first kappa shape index (κ1) is 15.9. The van der Waals surface area contributed by atoms with Crippen LogP contribution >= 0.6 is 0 Å². The molecule has 0 aliphatic carbocycles. The Kier molecular flexibility index (Phi) is 4.94. The fraction of sp³-hybridized carbons (Fsp3) is 0.462. The first-order valence-electron chi connectivity index (χ1n) is 6.71. The standard InChI is InChI=1S/C13H20N4O3S/c1-11-2-4-12(5-3-11)15-13(18)10-16-6-8-17(9-7-16)21(14,19)20/h2-5H,6-10H2,1H3,(H,15,18)(H2,14,19,20). The minimum Gasteiger partial charge on any atom is -0.325 e. The molecule has 1 aliphatic heterocycles. The number of benzene rings is 1. The van der Waals surface area contributed by atoms with Crippen LogP contribution in [0.3, 0.4) is 0 Å². The summed E-state index contributed by atoms with van der Waals surface area (Å²) in [7, 11) is -3.62. The molecule has 0 bridgehead atoms. The van der Waals surface area contributed by atoms with E-state index in [1.165, 1.54) is 4.31 Å². The van der Waals surface area contributed by atoms with Crippen molar-refractivity contribution in [3.8, 4) is 0 Å². The molecule has 116 valence electrons. The summed E-state index contributed by atoms with van der Waals surface area (Å²) in [5.41, 5.74) is 1.89. The van der Waals surface area contributed by atoms with E-state index in [4.69, 9.17) is 5.14 Å². The maximum absolute atomic E-state index is 11.9. The average molecular weight is 312 g/mol. The van der Waals surface area contributed by atoms with E-state index in [0.29, 0.717) is 26.2 Å². The van der Waals surface area contributed by atoms with Crippen LogP contribution in [0.4, 0.5) is 5.69 Å². The number of piperazine rings is 1. The molecule has 8 heteroatoms. The highest BCUT2D eigenvalue weighted by atomic mass is 32.2. The fourth-order valence-electron chi connectivity index (χ4n) is 2.18. The van der Waals surface area contributed by atoms with E-state index in [2.05, 4.69) is 5.32 Å². The number of anilines is 1. The summed E-state index contributed by atoms with van der Waals surface area (Å²) in [5.74, 6) is -0.108. The number of amides is 1. The third kappa shape index (κ3) is 4.78. The Morgan fingerprint density at radius 2 is 1.76 bits per heavy atom. The van der Waals surface area contributed by atoms with Gasteiger partial charge in [-0.3, -0.25) is 9.69 Å². The Hall–Kier alpha value is -1.48. The lowest BCUT2D eigenvalue weighted by Crippen LogP contribution is -2.52. The fourth-order valence-corrected chi connectivity index (χ4v) is 2.85. The predicted molar refractivity (Wildman–Crippen MR) is 80.9 cm³/mol. The van der Waals surface area contributed by atoms with Gasteiger partial charge >= 0.3 is 0 Å². The van der Waals surface area contributed by atoms with E-state index in [9.17, 15) is 13.2 Å². The van der Waals surface area contributed by atoms with E-state index in [-0.39, 0.29) is 12.5 Å². The molecular formula is C13H20N4O3S. The van der Waals surface area contributed by atoms with Gasteiger partial charge in [0.15, 0.2) is 0 Å². The lowest BCUT2D eigenvalue weighted by Gasteiger charge is -2.32. The zero-order valence-electron chi connectivity index (χ0n) is 11.9. The van der Waals surface area contributed by atoms with Gasteiger partial charge in [-0.05, 0) is 19.1 Å². The molecule has 0 atom stereocenters. The van der Waals surface area contributed by atoms with Crippen LogP contribution in [0.1, 0.15) is 5.56 Å². The summed E-state index contributed by atoms with van der Waals surface area (Å²) in [6, 6.07) is 7.57. The summed E-state index contributed by atoms with van der Waals surface area (Å²) in [4.78, 5) is 13.8. The molecule has 1 aromatic carbocycles. The second-order valence-corrected chi connectivity index (χ2v) is 6.68. The lowest BCUT2D eigenvalue weighted by atomic mass is 10.2. The molecule has 1 aliphatic rings. The number of nitrogens with two attached hydrogens (primary N) is 1. The van der Waals surface area contributed by atoms with Crippen LogP contribution in [0.25, 0.3) is 0 Å². The van der Waals surface area contributed by atoms with Crippen LogP contribution in [0.5, 0.6) is 0 Å². The number of hydrogen-bond donors (Lipinski definition) is 2. The van der Waals surface area contributed by atoms with Gasteiger partial charge in [-0.1, -0.05) is 17.7 Å². The van der Waals surface area contributed by atoms with Gasteiger partial charge in [-0.2, -0.15) is 12.7 Å². The zero-order valence-corrected chi connectivity index (χ0v) is 12.8. The summed E-state index contributed by atoms with van der Waals surface area (Å²) in [6.07, 6.45) is 0. The number of nitrogens with one attached hydrogen (secondary N) is 1. The van der Waals surface area contributed by atoms with Crippen molar-refractivity contribution in [1.82, 2.24) is 9.21 Å². The second-order valence-electron chi connectivity index (χ2n) is 5.13. The summed E-state index contributed by atoms with van der Waals surface area (Å²) in [6.45, 7) is 3.85. The van der Waals surface area contributed by atoms with E-state index in [1.807, 2.05) is 36.1 Å². The Morgan fingerprint density at radius 3 is 2.29 bits per heavy atom. The van der Waals surface area contributed by atoms with Crippen molar-refractivity contribution in [1.29, 1.82) is 0 Å². The van der Waals surface area contributed by atoms with E-state index < -0.39 is 10.2 Å². The van der Waals surface area contributed by atoms with Crippen LogP contribution in [0, 0.1) is 6.92 Å². The molecule has 1 heterocycles. The Balaban J connectivity index is 1.80. The van der Waals surface area contributed by atoms with E-state index >= 15 is 0 Å². The van der Waals surface area contributed by atoms with Gasteiger partial charge in [0.2, 0.25) is 5.91 Å². The van der Waals surface area contributed by atoms with Crippen molar-refractivity contribution in [2.24, 2.45) is 5.14 Å². The van der Waals surface area contributed by atoms with Crippen molar-refractivity contribution in [3.05, 3.63) is 29.8 Å². The van der Waals surface area contributed by atoms with Crippen molar-refractivity contribution in [2.45, 2.75) is 6.92 Å². The summed E-state index contributed by atoms with van der Waals surface area (Å²) < 4.78 is 23.6. The SMILES string of the molecule is Cc1ccc(NC(=O)CN2CCN(S(N)(=O)=O)CC2)cc1. The molecule has 0 aromatic heterocycles. The number of nitrogens with zero attached hydrogens (tertiary/aromatic N) is 2. The minimum atomic E-state index is -3.62. The molecule has 1 saturated heterocycles. The first-order chi connectivity index (χ1) is 9.84. The van der Waals surface area contributed by atoms with Gasteiger partial charge in [-0.15, -0.1) is 0 Å². The van der Waals surface area contributed by atoms with Crippen LogP contribution in [-0.4, -0.2) is 56.3 Å². The van der Waals surface area contributed by atoms with Crippen molar-refractivity contribution >= 4 is 21.8 Å². The lowest BCUT2D eigenvalue weighted by molar-refractivity contribution is -0.117. The summed E-state index contributed by atoms with van der Waals surface area (Å²) in [5, 5.41) is 7.89. The molecule has 3 N–H and O–H groups in total. The summed E-state index contributed by atoms with van der Waals surface area (Å²) >= 11 is 0. The normalized spacial score (nSPS) is 17.6. The molecule has 7 nitrogen and oxygen atoms in total. The number of carbonyl (C=O) groups excluding carboxylic acids is 1. The highest BCUT2D eigenvalue weighted by Crippen LogP contribution is 2.09. The third-order valence-electron chi connectivity index (χ3n) is 3.39. The average Bonchev–Trinajstić information content (AvgIpc) is 2.41. The third-order valence-corrected chi connectivity index (χ3v) is 4.48. The van der Waals surface area contributed by atoms with Gasteiger partial charge < -0.3 is 5.32 Å². The topological polar surface area (TPSA) is 95.7 Å². The number of hydrogen-bond acceptors (Lipinski definition) is 4. The molecule has 2 rings (SSSR count). The maximum atomic E-state index is 11.9. The zero-order chi connectivity index (χ0) is 15.5. The highest BCUT2D eigenvalue weighted by Gasteiger charge is 2.24. The molecule has 0 radical (unpaired) electrons. The maximum Gasteiger partial charge on any atom is 0.276 e. The number of rotatable bonds is 4.